The Morgan fingerprint density at radius 1 is 1.37 bits per heavy atom. The van der Waals surface area contributed by atoms with Crippen molar-refractivity contribution in [2.75, 3.05) is 39.8 Å². The minimum Gasteiger partial charge on any atom is -0.342 e. The summed E-state index contributed by atoms with van der Waals surface area (Å²) in [6, 6.07) is 0.710. The first-order valence-corrected chi connectivity index (χ1v) is 7.83. The molecule has 0 aromatic heterocycles. The molecule has 0 saturated carbocycles. The van der Waals surface area contributed by atoms with Crippen LogP contribution in [0.5, 0.6) is 0 Å². The zero-order valence-electron chi connectivity index (χ0n) is 12.7. The summed E-state index contributed by atoms with van der Waals surface area (Å²) < 4.78 is 0. The zero-order chi connectivity index (χ0) is 13.8. The van der Waals surface area contributed by atoms with E-state index in [0.29, 0.717) is 17.9 Å². The molecule has 0 aliphatic carbocycles. The average Bonchev–Trinajstić information content (AvgIpc) is 2.43. The molecule has 4 heteroatoms. The van der Waals surface area contributed by atoms with Gasteiger partial charge >= 0.3 is 0 Å². The fourth-order valence-corrected chi connectivity index (χ4v) is 3.61. The second-order valence-electron chi connectivity index (χ2n) is 6.23. The van der Waals surface area contributed by atoms with Crippen LogP contribution in [0.3, 0.4) is 0 Å². The van der Waals surface area contributed by atoms with Gasteiger partial charge in [-0.25, -0.2) is 0 Å². The Labute approximate surface area is 117 Å². The maximum Gasteiger partial charge on any atom is 0.226 e. The highest BCUT2D eigenvalue weighted by Crippen LogP contribution is 2.30. The fourth-order valence-electron chi connectivity index (χ4n) is 3.61. The van der Waals surface area contributed by atoms with Crippen molar-refractivity contribution in [2.45, 2.75) is 39.2 Å². The molecule has 0 radical (unpaired) electrons. The van der Waals surface area contributed by atoms with Gasteiger partial charge in [0, 0.05) is 31.6 Å². The van der Waals surface area contributed by atoms with Crippen molar-refractivity contribution < 1.29 is 4.79 Å². The molecule has 0 aromatic rings. The van der Waals surface area contributed by atoms with E-state index in [1.807, 2.05) is 6.92 Å². The number of amides is 1. The monoisotopic (exact) mass is 267 g/mol. The number of rotatable bonds is 4. The van der Waals surface area contributed by atoms with E-state index in [9.17, 15) is 4.79 Å². The molecule has 1 N–H and O–H groups in total. The van der Waals surface area contributed by atoms with Crippen LogP contribution in [0, 0.1) is 11.8 Å². The van der Waals surface area contributed by atoms with Gasteiger partial charge in [0.05, 0.1) is 0 Å². The van der Waals surface area contributed by atoms with Crippen LogP contribution in [-0.4, -0.2) is 61.5 Å². The molecule has 2 fully saturated rings. The molecule has 0 aromatic carbocycles. The molecule has 1 amide bonds. The molecule has 2 saturated heterocycles. The summed E-state index contributed by atoms with van der Waals surface area (Å²) in [7, 11) is 2.24. The number of carbonyl (C=O) groups is 1. The minimum absolute atomic E-state index is 0.109. The predicted molar refractivity (Wildman–Crippen MR) is 78.0 cm³/mol. The number of nitrogens with one attached hydrogen (secondary N) is 1. The number of nitrogens with zero attached hydrogens (tertiary/aromatic N) is 2. The highest BCUT2D eigenvalue weighted by atomic mass is 16.2. The molecule has 19 heavy (non-hydrogen) atoms. The Bertz CT molecular complexity index is 308. The summed E-state index contributed by atoms with van der Waals surface area (Å²) in [5.41, 5.74) is 0. The molecular formula is C15H29N3O. The van der Waals surface area contributed by atoms with E-state index >= 15 is 0 Å². The lowest BCUT2D eigenvalue weighted by Gasteiger charge is -2.46. The standard InChI is InChI=1S/C15H29N3O/c1-4-16-10-12(2)15(19)18-9-7-14-13(11-18)6-5-8-17(14)3/h12-14,16H,4-11H2,1-3H3. The molecule has 0 spiro atoms. The van der Waals surface area contributed by atoms with Gasteiger partial charge in [-0.05, 0) is 45.3 Å². The molecule has 2 aliphatic rings. The SMILES string of the molecule is CCNCC(C)C(=O)N1CCC2C(CCCN2C)C1. The Kier molecular flexibility index (Phi) is 5.22. The smallest absolute Gasteiger partial charge is 0.226 e. The Morgan fingerprint density at radius 2 is 2.16 bits per heavy atom. The van der Waals surface area contributed by atoms with Gasteiger partial charge in [-0.2, -0.15) is 0 Å². The molecule has 110 valence electrons. The van der Waals surface area contributed by atoms with Gasteiger partial charge in [0.2, 0.25) is 5.91 Å². The maximum atomic E-state index is 12.4. The summed E-state index contributed by atoms with van der Waals surface area (Å²) in [6.45, 7) is 9.02. The third-order valence-electron chi connectivity index (χ3n) is 4.78. The van der Waals surface area contributed by atoms with Crippen LogP contribution in [0.25, 0.3) is 0 Å². The van der Waals surface area contributed by atoms with Gasteiger partial charge in [-0.1, -0.05) is 13.8 Å². The lowest BCUT2D eigenvalue weighted by atomic mass is 9.84. The lowest BCUT2D eigenvalue weighted by Crippen LogP contribution is -2.55. The van der Waals surface area contributed by atoms with Crippen LogP contribution in [0.4, 0.5) is 0 Å². The van der Waals surface area contributed by atoms with Crippen LogP contribution in [0.15, 0.2) is 0 Å². The minimum atomic E-state index is 0.109. The van der Waals surface area contributed by atoms with E-state index in [4.69, 9.17) is 0 Å². The Hall–Kier alpha value is -0.610. The molecular weight excluding hydrogens is 238 g/mol. The second-order valence-corrected chi connectivity index (χ2v) is 6.23. The molecule has 2 aliphatic heterocycles. The fraction of sp³-hybridized carbons (Fsp3) is 0.933. The molecule has 3 unspecified atom stereocenters. The number of carbonyl (C=O) groups excluding carboxylic acids is 1. The van der Waals surface area contributed by atoms with E-state index in [1.165, 1.54) is 19.4 Å². The number of hydrogen-bond donors (Lipinski definition) is 1. The highest BCUT2D eigenvalue weighted by Gasteiger charge is 2.36. The maximum absolute atomic E-state index is 12.4. The topological polar surface area (TPSA) is 35.6 Å². The molecule has 4 nitrogen and oxygen atoms in total. The number of piperidine rings is 2. The second kappa shape index (κ2) is 6.71. The molecule has 0 bridgehead atoms. The highest BCUT2D eigenvalue weighted by molar-refractivity contribution is 5.78. The lowest BCUT2D eigenvalue weighted by molar-refractivity contribution is -0.138. The third-order valence-corrected chi connectivity index (χ3v) is 4.78. The van der Waals surface area contributed by atoms with Crippen LogP contribution in [0.2, 0.25) is 0 Å². The van der Waals surface area contributed by atoms with Crippen LogP contribution in [-0.2, 0) is 4.79 Å². The summed E-state index contributed by atoms with van der Waals surface area (Å²) in [5.74, 6) is 1.15. The summed E-state index contributed by atoms with van der Waals surface area (Å²) in [4.78, 5) is 17.0. The Balaban J connectivity index is 1.87. The van der Waals surface area contributed by atoms with E-state index in [2.05, 4.69) is 29.1 Å². The summed E-state index contributed by atoms with van der Waals surface area (Å²) >= 11 is 0. The van der Waals surface area contributed by atoms with Crippen LogP contribution in [0.1, 0.15) is 33.1 Å². The summed E-state index contributed by atoms with van der Waals surface area (Å²) in [6.07, 6.45) is 3.73. The number of likely N-dealkylation sites (tertiary alicyclic amines) is 2. The first-order chi connectivity index (χ1) is 9.13. The van der Waals surface area contributed by atoms with E-state index in [1.54, 1.807) is 0 Å². The Morgan fingerprint density at radius 3 is 2.89 bits per heavy atom. The van der Waals surface area contributed by atoms with Crippen LogP contribution >= 0.6 is 0 Å². The normalized spacial score (nSPS) is 29.9. The molecule has 2 heterocycles. The number of fused-ring (bicyclic) bond motifs is 1. The van der Waals surface area contributed by atoms with E-state index in [0.717, 1.165) is 32.6 Å². The van der Waals surface area contributed by atoms with Crippen molar-refractivity contribution in [3.05, 3.63) is 0 Å². The van der Waals surface area contributed by atoms with E-state index < -0.39 is 0 Å². The largest absolute Gasteiger partial charge is 0.342 e. The van der Waals surface area contributed by atoms with Crippen molar-refractivity contribution in [2.24, 2.45) is 11.8 Å². The molecule has 2 rings (SSSR count). The van der Waals surface area contributed by atoms with Gasteiger partial charge in [0.1, 0.15) is 0 Å². The van der Waals surface area contributed by atoms with Crippen LogP contribution < -0.4 is 5.32 Å². The average molecular weight is 267 g/mol. The quantitative estimate of drug-likeness (QED) is 0.831. The van der Waals surface area contributed by atoms with E-state index in [-0.39, 0.29) is 5.92 Å². The first-order valence-electron chi connectivity index (χ1n) is 7.83. The van der Waals surface area contributed by atoms with Crippen molar-refractivity contribution in [1.29, 1.82) is 0 Å². The molecule has 3 atom stereocenters. The van der Waals surface area contributed by atoms with Crippen molar-refractivity contribution in [3.8, 4) is 0 Å². The van der Waals surface area contributed by atoms with Crippen molar-refractivity contribution in [3.63, 3.8) is 0 Å². The van der Waals surface area contributed by atoms with Gasteiger partial charge in [0.25, 0.3) is 0 Å². The van der Waals surface area contributed by atoms with Gasteiger partial charge in [-0.15, -0.1) is 0 Å². The number of hydrogen-bond acceptors (Lipinski definition) is 3. The first kappa shape index (κ1) is 14.8. The van der Waals surface area contributed by atoms with Crippen molar-refractivity contribution in [1.82, 2.24) is 15.1 Å². The van der Waals surface area contributed by atoms with Gasteiger partial charge in [0.15, 0.2) is 0 Å². The van der Waals surface area contributed by atoms with Crippen molar-refractivity contribution >= 4 is 5.91 Å². The van der Waals surface area contributed by atoms with Gasteiger partial charge in [-0.3, -0.25) is 4.79 Å². The summed E-state index contributed by atoms with van der Waals surface area (Å²) in [5, 5.41) is 3.28. The third kappa shape index (κ3) is 3.48. The zero-order valence-corrected chi connectivity index (χ0v) is 12.7. The van der Waals surface area contributed by atoms with Gasteiger partial charge < -0.3 is 15.1 Å². The predicted octanol–water partition coefficient (Wildman–Crippen LogP) is 1.17.